The van der Waals surface area contributed by atoms with E-state index in [1.165, 1.54) is 6.92 Å². The number of hydrogen-bond acceptors (Lipinski definition) is 3. The molecule has 0 spiro atoms. The molecule has 6 nitrogen and oxygen atoms in total. The van der Waals surface area contributed by atoms with Gasteiger partial charge in [0.2, 0.25) is 0 Å². The van der Waals surface area contributed by atoms with Crippen LogP contribution in [0, 0.1) is 0 Å². The molecule has 7 heteroatoms. The summed E-state index contributed by atoms with van der Waals surface area (Å²) in [6.45, 7) is 3.07. The van der Waals surface area contributed by atoms with Crippen LogP contribution in [0.4, 0.5) is 0 Å². The highest BCUT2D eigenvalue weighted by atomic mass is 32.2. The fraction of sp³-hybridized carbons (Fsp3) is 0.800. The predicted octanol–water partition coefficient (Wildman–Crippen LogP) is -1.10. The Morgan fingerprint density at radius 2 is 2.08 bits per heavy atom. The van der Waals surface area contributed by atoms with Crippen molar-refractivity contribution in [1.29, 1.82) is 0 Å². The lowest BCUT2D eigenvalue weighted by Crippen LogP contribution is -2.44. The number of rotatable bonds is 5. The molecule has 0 rings (SSSR count). The van der Waals surface area contributed by atoms with Gasteiger partial charge in [0.1, 0.15) is 6.04 Å². The lowest BCUT2D eigenvalue weighted by atomic mass is 10.4. The van der Waals surface area contributed by atoms with Gasteiger partial charge in [0.05, 0.1) is 0 Å². The van der Waals surface area contributed by atoms with Crippen LogP contribution in [0.1, 0.15) is 13.8 Å². The Bertz CT molecular complexity index is 248. The van der Waals surface area contributed by atoms with Crippen molar-refractivity contribution in [2.45, 2.75) is 19.9 Å². The van der Waals surface area contributed by atoms with Gasteiger partial charge < -0.3 is 5.11 Å². The fourth-order valence-corrected chi connectivity index (χ4v) is 1.54. The smallest absolute Gasteiger partial charge is 0.321 e. The van der Waals surface area contributed by atoms with Crippen LogP contribution in [-0.4, -0.2) is 32.1 Å². The van der Waals surface area contributed by atoms with E-state index < -0.39 is 22.2 Å². The van der Waals surface area contributed by atoms with E-state index in [2.05, 4.69) is 4.72 Å². The molecule has 0 saturated carbocycles. The Hall–Kier alpha value is -0.660. The largest absolute Gasteiger partial charge is 0.480 e. The van der Waals surface area contributed by atoms with E-state index in [4.69, 9.17) is 5.11 Å². The highest BCUT2D eigenvalue weighted by Crippen LogP contribution is 1.84. The Labute approximate surface area is 71.2 Å². The molecule has 3 N–H and O–H groups in total. The molecule has 0 heterocycles. The summed E-state index contributed by atoms with van der Waals surface area (Å²) in [7, 11) is -3.66. The summed E-state index contributed by atoms with van der Waals surface area (Å²) in [6.07, 6.45) is 0. The highest BCUT2D eigenvalue weighted by molar-refractivity contribution is 7.87. The van der Waals surface area contributed by atoms with E-state index >= 15 is 0 Å². The van der Waals surface area contributed by atoms with Gasteiger partial charge in [0.25, 0.3) is 10.2 Å². The maximum atomic E-state index is 10.9. The van der Waals surface area contributed by atoms with Gasteiger partial charge in [-0.1, -0.05) is 6.92 Å². The molecule has 1 unspecified atom stereocenters. The zero-order valence-corrected chi connectivity index (χ0v) is 7.68. The first-order valence-corrected chi connectivity index (χ1v) is 4.87. The molecule has 0 aromatic carbocycles. The molecule has 0 aliphatic carbocycles. The van der Waals surface area contributed by atoms with Gasteiger partial charge in [-0.15, -0.1) is 0 Å². The minimum absolute atomic E-state index is 0.224. The zero-order chi connectivity index (χ0) is 9.78. The van der Waals surface area contributed by atoms with E-state index in [0.29, 0.717) is 0 Å². The molecular weight excluding hydrogens is 184 g/mol. The number of carboxylic acid groups (broad SMARTS) is 1. The van der Waals surface area contributed by atoms with Gasteiger partial charge in [0, 0.05) is 6.54 Å². The molecule has 0 amide bonds. The first-order valence-electron chi connectivity index (χ1n) is 3.38. The predicted molar refractivity (Wildman–Crippen MR) is 42.8 cm³/mol. The van der Waals surface area contributed by atoms with Crippen molar-refractivity contribution in [2.75, 3.05) is 6.54 Å². The third kappa shape index (κ3) is 4.27. The maximum absolute atomic E-state index is 10.9. The Balaban J connectivity index is 4.16. The van der Waals surface area contributed by atoms with Crippen LogP contribution >= 0.6 is 0 Å². The molecule has 72 valence electrons. The number of hydrogen-bond donors (Lipinski definition) is 3. The minimum Gasteiger partial charge on any atom is -0.480 e. The van der Waals surface area contributed by atoms with Crippen LogP contribution in [0.25, 0.3) is 0 Å². The molecule has 0 aliphatic rings. The molecule has 0 aliphatic heterocycles. The second-order valence-electron chi connectivity index (χ2n) is 2.18. The van der Waals surface area contributed by atoms with E-state index in [0.717, 1.165) is 0 Å². The molecule has 0 saturated heterocycles. The third-order valence-corrected chi connectivity index (χ3v) is 2.37. The fourth-order valence-electron chi connectivity index (χ4n) is 0.515. The van der Waals surface area contributed by atoms with Crippen LogP contribution in [0.15, 0.2) is 0 Å². The zero-order valence-electron chi connectivity index (χ0n) is 6.86. The summed E-state index contributed by atoms with van der Waals surface area (Å²) in [4.78, 5) is 10.2. The molecule has 0 aromatic heterocycles. The molecule has 0 bridgehead atoms. The van der Waals surface area contributed by atoms with Gasteiger partial charge in [-0.05, 0) is 6.92 Å². The van der Waals surface area contributed by atoms with E-state index in [-0.39, 0.29) is 6.54 Å². The van der Waals surface area contributed by atoms with Gasteiger partial charge in [-0.2, -0.15) is 13.1 Å². The summed E-state index contributed by atoms with van der Waals surface area (Å²) >= 11 is 0. The first kappa shape index (κ1) is 11.3. The van der Waals surface area contributed by atoms with E-state index in [1.54, 1.807) is 6.92 Å². The molecule has 12 heavy (non-hydrogen) atoms. The number of carboxylic acids is 1. The summed E-state index contributed by atoms with van der Waals surface area (Å²) in [5, 5.41) is 8.36. The van der Waals surface area contributed by atoms with Crippen LogP contribution in [0.5, 0.6) is 0 Å². The average molecular weight is 196 g/mol. The molecule has 0 aromatic rings. The van der Waals surface area contributed by atoms with Crippen molar-refractivity contribution in [2.24, 2.45) is 0 Å². The lowest BCUT2D eigenvalue weighted by molar-refractivity contribution is -0.138. The summed E-state index contributed by atoms with van der Waals surface area (Å²) in [5.74, 6) is -1.21. The third-order valence-electron chi connectivity index (χ3n) is 1.04. The van der Waals surface area contributed by atoms with Crippen LogP contribution in [0.2, 0.25) is 0 Å². The SMILES string of the molecule is CCNS(=O)(=O)NC(C)C(=O)O. The second-order valence-corrected chi connectivity index (χ2v) is 3.71. The molecule has 0 radical (unpaired) electrons. The Morgan fingerprint density at radius 1 is 1.58 bits per heavy atom. The molecule has 0 fully saturated rings. The van der Waals surface area contributed by atoms with Gasteiger partial charge in [-0.25, -0.2) is 4.72 Å². The van der Waals surface area contributed by atoms with Gasteiger partial charge in [0.15, 0.2) is 0 Å². The second kappa shape index (κ2) is 4.39. The van der Waals surface area contributed by atoms with Crippen LogP contribution < -0.4 is 9.44 Å². The Morgan fingerprint density at radius 3 is 2.42 bits per heavy atom. The maximum Gasteiger partial charge on any atom is 0.321 e. The summed E-state index contributed by atoms with van der Waals surface area (Å²) < 4.78 is 25.7. The first-order chi connectivity index (χ1) is 5.39. The Kier molecular flexibility index (Phi) is 4.15. The topological polar surface area (TPSA) is 95.5 Å². The number of aliphatic carboxylic acids is 1. The van der Waals surface area contributed by atoms with Gasteiger partial charge >= 0.3 is 5.97 Å². The van der Waals surface area contributed by atoms with Crippen LogP contribution in [-0.2, 0) is 15.0 Å². The van der Waals surface area contributed by atoms with Crippen molar-refractivity contribution in [3.8, 4) is 0 Å². The quantitative estimate of drug-likeness (QED) is 0.520. The normalized spacial score (nSPS) is 14.2. The standard InChI is InChI=1S/C5H12N2O4S/c1-3-6-12(10,11)7-4(2)5(8)9/h4,6-7H,3H2,1-2H3,(H,8,9). The number of nitrogens with one attached hydrogen (secondary N) is 2. The summed E-state index contributed by atoms with van der Waals surface area (Å²) in [6, 6.07) is -1.12. The number of carbonyl (C=O) groups is 1. The van der Waals surface area contributed by atoms with E-state index in [9.17, 15) is 13.2 Å². The van der Waals surface area contributed by atoms with Crippen molar-refractivity contribution in [3.63, 3.8) is 0 Å². The van der Waals surface area contributed by atoms with Crippen molar-refractivity contribution in [3.05, 3.63) is 0 Å². The monoisotopic (exact) mass is 196 g/mol. The van der Waals surface area contributed by atoms with Crippen molar-refractivity contribution >= 4 is 16.2 Å². The van der Waals surface area contributed by atoms with Crippen molar-refractivity contribution < 1.29 is 18.3 Å². The van der Waals surface area contributed by atoms with Gasteiger partial charge in [-0.3, -0.25) is 4.79 Å². The molecule has 1 atom stereocenters. The highest BCUT2D eigenvalue weighted by Gasteiger charge is 2.17. The van der Waals surface area contributed by atoms with E-state index in [1.807, 2.05) is 4.72 Å². The lowest BCUT2D eigenvalue weighted by Gasteiger charge is -2.09. The van der Waals surface area contributed by atoms with Crippen LogP contribution in [0.3, 0.4) is 0 Å². The van der Waals surface area contributed by atoms with Crippen molar-refractivity contribution in [1.82, 2.24) is 9.44 Å². The molecular formula is C5H12N2O4S. The average Bonchev–Trinajstić information content (AvgIpc) is 1.85. The minimum atomic E-state index is -3.66. The summed E-state index contributed by atoms with van der Waals surface area (Å²) in [5.41, 5.74) is 0.